The van der Waals surface area contributed by atoms with Crippen molar-refractivity contribution in [3.05, 3.63) is 23.8 Å². The number of ether oxygens (including phenoxy) is 1. The number of benzene rings is 1. The largest absolute Gasteiger partial charge is 0.506 e. The lowest BCUT2D eigenvalue weighted by atomic mass is 10.1. The van der Waals surface area contributed by atoms with Gasteiger partial charge in [-0.3, -0.25) is 5.32 Å². The summed E-state index contributed by atoms with van der Waals surface area (Å²) in [5.41, 5.74) is -0.751. The van der Waals surface area contributed by atoms with Crippen LogP contribution in [0.5, 0.6) is 5.75 Å². The fourth-order valence-corrected chi connectivity index (χ4v) is 1.56. The third-order valence-corrected chi connectivity index (χ3v) is 2.50. The average Bonchev–Trinajstić information content (AvgIpc) is 2.29. The van der Waals surface area contributed by atoms with Crippen LogP contribution in [0.1, 0.15) is 26.3 Å². The lowest BCUT2D eigenvalue weighted by molar-refractivity contribution is -0.203. The van der Waals surface area contributed by atoms with E-state index >= 15 is 0 Å². The Morgan fingerprint density at radius 2 is 1.91 bits per heavy atom. The van der Waals surface area contributed by atoms with Crippen molar-refractivity contribution >= 4 is 11.8 Å². The number of alkyl halides is 3. The predicted octanol–water partition coefficient (Wildman–Crippen LogP) is 3.20. The standard InChI is InChI=1S/C14H18F3NO4/c1-13(2,3)22-12(21)18-9-6-8(4-5-10(9)19)7-11(20)14(15,16)17/h4-6,11,19-20H,7H2,1-3H3,(H,18,21). The van der Waals surface area contributed by atoms with Crippen molar-refractivity contribution in [2.75, 3.05) is 5.32 Å². The number of carbonyl (C=O) groups excluding carboxylic acids is 1. The van der Waals surface area contributed by atoms with E-state index in [-0.39, 0.29) is 17.0 Å². The number of hydrogen-bond acceptors (Lipinski definition) is 4. The minimum atomic E-state index is -4.74. The molecule has 8 heteroatoms. The Balaban J connectivity index is 2.84. The van der Waals surface area contributed by atoms with Crippen LogP contribution in [0.2, 0.25) is 0 Å². The average molecular weight is 321 g/mol. The van der Waals surface area contributed by atoms with E-state index in [9.17, 15) is 23.1 Å². The number of phenolic OH excluding ortho intramolecular Hbond substituents is 1. The fourth-order valence-electron chi connectivity index (χ4n) is 1.56. The third kappa shape index (κ3) is 5.80. The summed E-state index contributed by atoms with van der Waals surface area (Å²) in [6, 6.07) is 3.50. The van der Waals surface area contributed by atoms with Gasteiger partial charge in [-0.05, 0) is 38.5 Å². The number of aliphatic hydroxyl groups excluding tert-OH is 1. The maximum Gasteiger partial charge on any atom is 0.414 e. The molecule has 5 nitrogen and oxygen atoms in total. The van der Waals surface area contributed by atoms with Gasteiger partial charge in [0.15, 0.2) is 6.10 Å². The van der Waals surface area contributed by atoms with E-state index in [4.69, 9.17) is 9.84 Å². The van der Waals surface area contributed by atoms with Crippen LogP contribution in [0.4, 0.5) is 23.7 Å². The Morgan fingerprint density at radius 1 is 1.32 bits per heavy atom. The van der Waals surface area contributed by atoms with Gasteiger partial charge >= 0.3 is 12.3 Å². The van der Waals surface area contributed by atoms with E-state index in [1.54, 1.807) is 20.8 Å². The number of amides is 1. The molecule has 0 aliphatic carbocycles. The monoisotopic (exact) mass is 321 g/mol. The quantitative estimate of drug-likeness (QED) is 0.747. The summed E-state index contributed by atoms with van der Waals surface area (Å²) in [5, 5.41) is 20.9. The Kier molecular flexibility index (Phi) is 5.29. The Bertz CT molecular complexity index is 538. The van der Waals surface area contributed by atoms with Gasteiger partial charge in [-0.15, -0.1) is 0 Å². The molecule has 1 rings (SSSR count). The van der Waals surface area contributed by atoms with E-state index in [1.807, 2.05) is 0 Å². The predicted molar refractivity (Wildman–Crippen MR) is 73.7 cm³/mol. The van der Waals surface area contributed by atoms with Crippen molar-refractivity contribution in [3.8, 4) is 5.75 Å². The summed E-state index contributed by atoms with van der Waals surface area (Å²) in [6.07, 6.45) is -8.80. The van der Waals surface area contributed by atoms with Crippen LogP contribution in [0.25, 0.3) is 0 Å². The van der Waals surface area contributed by atoms with Gasteiger partial charge in [-0.25, -0.2) is 4.79 Å². The second-order valence-electron chi connectivity index (χ2n) is 5.74. The number of nitrogens with one attached hydrogen (secondary N) is 1. The molecule has 3 N–H and O–H groups in total. The molecule has 124 valence electrons. The number of rotatable bonds is 3. The highest BCUT2D eigenvalue weighted by atomic mass is 19.4. The van der Waals surface area contributed by atoms with Crippen molar-refractivity contribution in [3.63, 3.8) is 0 Å². The third-order valence-electron chi connectivity index (χ3n) is 2.50. The number of phenols is 1. The lowest BCUT2D eigenvalue weighted by Gasteiger charge is -2.20. The first-order valence-electron chi connectivity index (χ1n) is 6.45. The van der Waals surface area contributed by atoms with Crippen molar-refractivity contribution < 1.29 is 32.9 Å². The zero-order chi connectivity index (χ0) is 17.1. The minimum Gasteiger partial charge on any atom is -0.506 e. The van der Waals surface area contributed by atoms with E-state index in [0.29, 0.717) is 0 Å². The first-order chi connectivity index (χ1) is 9.88. The molecule has 1 aromatic carbocycles. The molecular weight excluding hydrogens is 303 g/mol. The molecule has 0 spiro atoms. The Hall–Kier alpha value is -1.96. The van der Waals surface area contributed by atoms with E-state index in [1.165, 1.54) is 6.07 Å². The van der Waals surface area contributed by atoms with Gasteiger partial charge in [0, 0.05) is 6.42 Å². The van der Waals surface area contributed by atoms with Crippen LogP contribution in [-0.2, 0) is 11.2 Å². The van der Waals surface area contributed by atoms with Crippen LogP contribution in [-0.4, -0.2) is 34.2 Å². The van der Waals surface area contributed by atoms with Crippen LogP contribution in [0.15, 0.2) is 18.2 Å². The molecule has 0 aromatic heterocycles. The molecule has 1 aromatic rings. The smallest absolute Gasteiger partial charge is 0.414 e. The molecule has 0 saturated carbocycles. The summed E-state index contributed by atoms with van der Waals surface area (Å²) in [6.45, 7) is 4.92. The zero-order valence-electron chi connectivity index (χ0n) is 12.4. The van der Waals surface area contributed by atoms with Crippen LogP contribution in [0, 0.1) is 0 Å². The molecule has 0 saturated heterocycles. The second kappa shape index (κ2) is 6.43. The van der Waals surface area contributed by atoms with Gasteiger partial charge in [0.25, 0.3) is 0 Å². The molecule has 0 heterocycles. The molecule has 1 amide bonds. The summed E-state index contributed by atoms with van der Waals surface area (Å²) >= 11 is 0. The number of anilines is 1. The molecular formula is C14H18F3NO4. The number of carbonyl (C=O) groups is 1. The summed E-state index contributed by atoms with van der Waals surface area (Å²) in [4.78, 5) is 11.6. The van der Waals surface area contributed by atoms with Crippen molar-refractivity contribution in [1.29, 1.82) is 0 Å². The van der Waals surface area contributed by atoms with E-state index in [2.05, 4.69) is 5.32 Å². The lowest BCUT2D eigenvalue weighted by Crippen LogP contribution is -2.30. The van der Waals surface area contributed by atoms with Crippen molar-refractivity contribution in [2.24, 2.45) is 0 Å². The number of hydrogen-bond donors (Lipinski definition) is 3. The summed E-state index contributed by atoms with van der Waals surface area (Å²) in [5.74, 6) is -0.323. The van der Waals surface area contributed by atoms with Gasteiger partial charge < -0.3 is 14.9 Å². The van der Waals surface area contributed by atoms with Crippen molar-refractivity contribution in [1.82, 2.24) is 0 Å². The molecule has 0 radical (unpaired) electrons. The van der Waals surface area contributed by atoms with Gasteiger partial charge in [-0.2, -0.15) is 13.2 Å². The second-order valence-corrected chi connectivity index (χ2v) is 5.74. The van der Waals surface area contributed by atoms with Gasteiger partial charge in [0.2, 0.25) is 0 Å². The van der Waals surface area contributed by atoms with Gasteiger partial charge in [0.05, 0.1) is 5.69 Å². The maximum atomic E-state index is 12.3. The molecule has 22 heavy (non-hydrogen) atoms. The van der Waals surface area contributed by atoms with E-state index < -0.39 is 30.4 Å². The van der Waals surface area contributed by atoms with Crippen molar-refractivity contribution in [2.45, 2.75) is 45.1 Å². The number of aromatic hydroxyl groups is 1. The minimum absolute atomic E-state index is 0.0962. The number of halogens is 3. The highest BCUT2D eigenvalue weighted by Crippen LogP contribution is 2.28. The summed E-state index contributed by atoms with van der Waals surface area (Å²) in [7, 11) is 0. The number of aliphatic hydroxyl groups is 1. The van der Waals surface area contributed by atoms with Crippen LogP contribution >= 0.6 is 0 Å². The Morgan fingerprint density at radius 3 is 2.41 bits per heavy atom. The molecule has 0 bridgehead atoms. The molecule has 0 aliphatic rings. The van der Waals surface area contributed by atoms with Crippen LogP contribution < -0.4 is 5.32 Å². The molecule has 1 atom stereocenters. The molecule has 0 aliphatic heterocycles. The fraction of sp³-hybridized carbons (Fsp3) is 0.500. The van der Waals surface area contributed by atoms with Gasteiger partial charge in [-0.1, -0.05) is 6.07 Å². The zero-order valence-corrected chi connectivity index (χ0v) is 12.4. The van der Waals surface area contributed by atoms with E-state index in [0.717, 1.165) is 12.1 Å². The van der Waals surface area contributed by atoms with Gasteiger partial charge in [0.1, 0.15) is 11.4 Å². The first-order valence-corrected chi connectivity index (χ1v) is 6.45. The molecule has 0 fully saturated rings. The highest BCUT2D eigenvalue weighted by molar-refractivity contribution is 5.87. The first kappa shape index (κ1) is 18.1. The Labute approximate surface area is 125 Å². The van der Waals surface area contributed by atoms with Crippen LogP contribution in [0.3, 0.4) is 0 Å². The normalized spacial score (nSPS) is 13.6. The highest BCUT2D eigenvalue weighted by Gasteiger charge is 2.38. The maximum absolute atomic E-state index is 12.3. The molecule has 1 unspecified atom stereocenters. The summed E-state index contributed by atoms with van der Waals surface area (Å²) < 4.78 is 41.9. The SMILES string of the molecule is CC(C)(C)OC(=O)Nc1cc(CC(O)C(F)(F)F)ccc1O. The topological polar surface area (TPSA) is 78.8 Å².